The molecule has 1 aliphatic rings. The molecule has 6 nitrogen and oxygen atoms in total. The van der Waals surface area contributed by atoms with Gasteiger partial charge in [0, 0.05) is 19.3 Å². The van der Waals surface area contributed by atoms with Gasteiger partial charge in [-0.1, -0.05) is 0 Å². The second kappa shape index (κ2) is 4.38. The van der Waals surface area contributed by atoms with Gasteiger partial charge in [-0.2, -0.15) is 4.31 Å². The van der Waals surface area contributed by atoms with Crippen molar-refractivity contribution in [3.8, 4) is 0 Å². The molecule has 1 fully saturated rings. The summed E-state index contributed by atoms with van der Waals surface area (Å²) in [7, 11) is -3.85. The first-order valence-corrected chi connectivity index (χ1v) is 6.31. The first kappa shape index (κ1) is 11.9. The number of aromatic nitrogens is 1. The van der Waals surface area contributed by atoms with E-state index in [9.17, 15) is 17.6 Å². The summed E-state index contributed by atoms with van der Waals surface area (Å²) in [6, 6.07) is 0.884. The van der Waals surface area contributed by atoms with Crippen LogP contribution in [0.5, 0.6) is 0 Å². The Morgan fingerprint density at radius 2 is 2.18 bits per heavy atom. The number of piperazine rings is 1. The van der Waals surface area contributed by atoms with Gasteiger partial charge in [-0.05, 0) is 6.07 Å². The zero-order chi connectivity index (χ0) is 12.5. The van der Waals surface area contributed by atoms with E-state index in [4.69, 9.17) is 0 Å². The van der Waals surface area contributed by atoms with Crippen molar-refractivity contribution >= 4 is 15.9 Å². The molecule has 1 saturated heterocycles. The third kappa shape index (κ3) is 2.42. The minimum Gasteiger partial charge on any atom is -0.354 e. The second-order valence-corrected chi connectivity index (χ2v) is 5.47. The first-order valence-electron chi connectivity index (χ1n) is 4.87. The summed E-state index contributed by atoms with van der Waals surface area (Å²) in [5.74, 6) is -1.10. The Balaban J connectivity index is 2.33. The number of nitrogens with one attached hydrogen (secondary N) is 1. The van der Waals surface area contributed by atoms with Crippen LogP contribution in [0.1, 0.15) is 0 Å². The molecule has 0 atom stereocenters. The molecule has 0 spiro atoms. The fraction of sp³-hybridized carbons (Fsp3) is 0.333. The molecule has 2 rings (SSSR count). The third-order valence-corrected chi connectivity index (χ3v) is 4.13. The summed E-state index contributed by atoms with van der Waals surface area (Å²) >= 11 is 0. The number of rotatable bonds is 2. The van der Waals surface area contributed by atoms with Gasteiger partial charge >= 0.3 is 0 Å². The molecule has 1 aromatic heterocycles. The number of hydrogen-bond donors (Lipinski definition) is 1. The van der Waals surface area contributed by atoms with Crippen molar-refractivity contribution in [2.24, 2.45) is 0 Å². The van der Waals surface area contributed by atoms with Gasteiger partial charge in [-0.3, -0.25) is 9.78 Å². The molecule has 92 valence electrons. The molecule has 0 aliphatic carbocycles. The summed E-state index contributed by atoms with van der Waals surface area (Å²) in [6.07, 6.45) is 1.98. The van der Waals surface area contributed by atoms with Crippen LogP contribution in [-0.2, 0) is 14.8 Å². The fourth-order valence-electron chi connectivity index (χ4n) is 1.50. The molecular weight excluding hydrogens is 249 g/mol. The van der Waals surface area contributed by atoms with Crippen molar-refractivity contribution < 1.29 is 17.6 Å². The number of halogens is 1. The zero-order valence-electron chi connectivity index (χ0n) is 8.76. The van der Waals surface area contributed by atoms with Gasteiger partial charge in [0.2, 0.25) is 15.9 Å². The minimum absolute atomic E-state index is 0.171. The molecular formula is C9H10FN3O3S. The fourth-order valence-corrected chi connectivity index (χ4v) is 2.88. The van der Waals surface area contributed by atoms with Crippen molar-refractivity contribution in [1.82, 2.24) is 14.6 Å². The van der Waals surface area contributed by atoms with Crippen LogP contribution in [0.2, 0.25) is 0 Å². The normalized spacial score (nSPS) is 17.8. The van der Waals surface area contributed by atoms with E-state index in [1.807, 2.05) is 0 Å². The molecule has 0 unspecified atom stereocenters. The summed E-state index contributed by atoms with van der Waals surface area (Å²) in [6.45, 7) is 0.171. The maximum Gasteiger partial charge on any atom is 0.245 e. The van der Waals surface area contributed by atoms with Crippen LogP contribution in [0.25, 0.3) is 0 Å². The highest BCUT2D eigenvalue weighted by Gasteiger charge is 2.29. The molecule has 1 N–H and O–H groups in total. The highest BCUT2D eigenvalue weighted by Crippen LogP contribution is 2.15. The highest BCUT2D eigenvalue weighted by molar-refractivity contribution is 7.89. The Morgan fingerprint density at radius 1 is 1.41 bits per heavy atom. The highest BCUT2D eigenvalue weighted by atomic mass is 32.2. The lowest BCUT2D eigenvalue weighted by Crippen LogP contribution is -2.49. The Bertz CT molecular complexity index is 546. The van der Waals surface area contributed by atoms with Crippen LogP contribution in [-0.4, -0.2) is 43.2 Å². The van der Waals surface area contributed by atoms with Crippen LogP contribution in [0.15, 0.2) is 23.4 Å². The van der Waals surface area contributed by atoms with Gasteiger partial charge in [0.25, 0.3) is 0 Å². The average molecular weight is 259 g/mol. The smallest absolute Gasteiger partial charge is 0.245 e. The number of pyridine rings is 1. The van der Waals surface area contributed by atoms with E-state index in [-0.39, 0.29) is 30.4 Å². The number of carbonyl (C=O) groups excluding carboxylic acids is 1. The standard InChI is InChI=1S/C9H10FN3O3S/c10-7-3-8(5-11-4-7)17(15,16)13-2-1-12-9(14)6-13/h3-5H,1-2,6H2,(H,12,14). The van der Waals surface area contributed by atoms with Crippen molar-refractivity contribution in [2.75, 3.05) is 19.6 Å². The summed E-state index contributed by atoms with van der Waals surface area (Å²) < 4.78 is 38.0. The SMILES string of the molecule is O=C1CN(S(=O)(=O)c2cncc(F)c2)CCN1. The molecule has 2 heterocycles. The molecule has 1 aliphatic heterocycles. The Morgan fingerprint density at radius 3 is 2.82 bits per heavy atom. The van der Waals surface area contributed by atoms with Crippen LogP contribution in [0.4, 0.5) is 4.39 Å². The Kier molecular flexibility index (Phi) is 3.07. The third-order valence-electron chi connectivity index (χ3n) is 2.32. The number of sulfonamides is 1. The Hall–Kier alpha value is -1.54. The number of amides is 1. The molecule has 8 heteroatoms. The maximum absolute atomic E-state index is 12.9. The minimum atomic E-state index is -3.85. The average Bonchev–Trinajstić information content (AvgIpc) is 2.29. The van der Waals surface area contributed by atoms with E-state index < -0.39 is 15.8 Å². The molecule has 0 bridgehead atoms. The van der Waals surface area contributed by atoms with Gasteiger partial charge in [-0.15, -0.1) is 0 Å². The predicted molar refractivity (Wildman–Crippen MR) is 56.0 cm³/mol. The van der Waals surface area contributed by atoms with Crippen molar-refractivity contribution in [3.63, 3.8) is 0 Å². The van der Waals surface area contributed by atoms with E-state index in [1.54, 1.807) is 0 Å². The summed E-state index contributed by atoms with van der Waals surface area (Å²) in [4.78, 5) is 14.4. The van der Waals surface area contributed by atoms with Gasteiger partial charge in [0.05, 0.1) is 12.7 Å². The van der Waals surface area contributed by atoms with Crippen LogP contribution in [0.3, 0.4) is 0 Å². The van der Waals surface area contributed by atoms with Crippen LogP contribution in [0, 0.1) is 5.82 Å². The summed E-state index contributed by atoms with van der Waals surface area (Å²) in [5, 5.41) is 2.51. The largest absolute Gasteiger partial charge is 0.354 e. The lowest BCUT2D eigenvalue weighted by Gasteiger charge is -2.25. The molecule has 0 radical (unpaired) electrons. The number of nitrogens with zero attached hydrogens (tertiary/aromatic N) is 2. The van der Waals surface area contributed by atoms with E-state index in [1.165, 1.54) is 0 Å². The van der Waals surface area contributed by atoms with Gasteiger partial charge in [0.15, 0.2) is 0 Å². The van der Waals surface area contributed by atoms with Crippen LogP contribution >= 0.6 is 0 Å². The molecule has 1 amide bonds. The quantitative estimate of drug-likeness (QED) is 0.764. The van der Waals surface area contributed by atoms with E-state index in [0.717, 1.165) is 22.8 Å². The number of carbonyl (C=O) groups is 1. The zero-order valence-corrected chi connectivity index (χ0v) is 9.58. The van der Waals surface area contributed by atoms with Gasteiger partial charge in [0.1, 0.15) is 10.7 Å². The lowest BCUT2D eigenvalue weighted by atomic mass is 10.4. The molecule has 0 saturated carbocycles. The van der Waals surface area contributed by atoms with Crippen LogP contribution < -0.4 is 5.32 Å². The molecule has 1 aromatic rings. The van der Waals surface area contributed by atoms with E-state index in [2.05, 4.69) is 10.3 Å². The lowest BCUT2D eigenvalue weighted by molar-refractivity contribution is -0.122. The number of hydrogen-bond acceptors (Lipinski definition) is 4. The first-order chi connectivity index (χ1) is 8.00. The monoisotopic (exact) mass is 259 g/mol. The predicted octanol–water partition coefficient (Wildman–Crippen LogP) is -0.659. The van der Waals surface area contributed by atoms with E-state index >= 15 is 0 Å². The van der Waals surface area contributed by atoms with Gasteiger partial charge in [-0.25, -0.2) is 12.8 Å². The van der Waals surface area contributed by atoms with Crippen molar-refractivity contribution in [1.29, 1.82) is 0 Å². The van der Waals surface area contributed by atoms with Gasteiger partial charge < -0.3 is 5.32 Å². The second-order valence-electron chi connectivity index (χ2n) is 3.53. The summed E-state index contributed by atoms with van der Waals surface area (Å²) in [5.41, 5.74) is 0. The topological polar surface area (TPSA) is 79.4 Å². The maximum atomic E-state index is 12.9. The van der Waals surface area contributed by atoms with Crippen molar-refractivity contribution in [3.05, 3.63) is 24.3 Å². The molecule has 0 aromatic carbocycles. The Labute approximate surface area is 97.5 Å². The van der Waals surface area contributed by atoms with E-state index in [0.29, 0.717) is 0 Å². The van der Waals surface area contributed by atoms with Crippen molar-refractivity contribution in [2.45, 2.75) is 4.90 Å². The molecule has 17 heavy (non-hydrogen) atoms.